The lowest BCUT2D eigenvalue weighted by molar-refractivity contribution is -0.144. The predicted octanol–water partition coefficient (Wildman–Crippen LogP) is 0.357. The maximum atomic E-state index is 11.7. The fourth-order valence-corrected chi connectivity index (χ4v) is 2.24. The van der Waals surface area contributed by atoms with Gasteiger partial charge in [0.15, 0.2) is 0 Å². The summed E-state index contributed by atoms with van der Waals surface area (Å²) < 4.78 is 0. The van der Waals surface area contributed by atoms with E-state index in [4.69, 9.17) is 5.11 Å². The van der Waals surface area contributed by atoms with Gasteiger partial charge in [0.2, 0.25) is 5.91 Å². The van der Waals surface area contributed by atoms with E-state index in [2.05, 4.69) is 0 Å². The molecule has 1 unspecified atom stereocenters. The summed E-state index contributed by atoms with van der Waals surface area (Å²) in [6.07, 6.45) is 2.56. The first kappa shape index (κ1) is 14.3. The van der Waals surface area contributed by atoms with Crippen molar-refractivity contribution in [1.29, 1.82) is 0 Å². The molecular weight excluding hydrogens is 240 g/mol. The van der Waals surface area contributed by atoms with Gasteiger partial charge in [0.25, 0.3) is 0 Å². The molecule has 1 aliphatic heterocycles. The Labute approximate surface area is 106 Å². The fraction of sp³-hybridized carbons (Fsp3) is 0.818. The normalized spacial score (nSPS) is 19.1. The molecule has 17 heavy (non-hydrogen) atoms. The standard InChI is InChI=1S/C11H20N2O3S/c1-9(11(15)16)12-4-6-13(7-5-12)10(14)3-8-17-2/h9H,3-8H2,1-2H3,(H,15,16). The van der Waals surface area contributed by atoms with E-state index in [-0.39, 0.29) is 5.91 Å². The van der Waals surface area contributed by atoms with Crippen LogP contribution in [0.25, 0.3) is 0 Å². The number of hydrogen-bond acceptors (Lipinski definition) is 4. The summed E-state index contributed by atoms with van der Waals surface area (Å²) in [7, 11) is 0. The molecule has 1 atom stereocenters. The van der Waals surface area contributed by atoms with Gasteiger partial charge in [-0.15, -0.1) is 0 Å². The second-order valence-corrected chi connectivity index (χ2v) is 5.16. The number of carbonyl (C=O) groups is 2. The molecule has 0 aromatic rings. The molecule has 6 heteroatoms. The minimum Gasteiger partial charge on any atom is -0.480 e. The smallest absolute Gasteiger partial charge is 0.320 e. The Hall–Kier alpha value is -0.750. The molecule has 1 heterocycles. The number of carbonyl (C=O) groups excluding carboxylic acids is 1. The van der Waals surface area contributed by atoms with Crippen molar-refractivity contribution >= 4 is 23.6 Å². The number of carboxylic acids is 1. The number of carboxylic acid groups (broad SMARTS) is 1. The Kier molecular flexibility index (Phi) is 5.77. The van der Waals surface area contributed by atoms with Crippen LogP contribution in [0.4, 0.5) is 0 Å². The van der Waals surface area contributed by atoms with Crippen molar-refractivity contribution in [2.75, 3.05) is 38.2 Å². The van der Waals surface area contributed by atoms with E-state index >= 15 is 0 Å². The van der Waals surface area contributed by atoms with Gasteiger partial charge in [-0.25, -0.2) is 0 Å². The molecule has 1 fully saturated rings. The molecule has 0 spiro atoms. The van der Waals surface area contributed by atoms with Gasteiger partial charge in [0, 0.05) is 38.4 Å². The quantitative estimate of drug-likeness (QED) is 0.773. The Morgan fingerprint density at radius 1 is 1.29 bits per heavy atom. The third-order valence-electron chi connectivity index (χ3n) is 3.09. The van der Waals surface area contributed by atoms with Gasteiger partial charge in [0.1, 0.15) is 6.04 Å². The SMILES string of the molecule is CSCCC(=O)N1CCN(C(C)C(=O)O)CC1. The first-order valence-corrected chi connectivity index (χ1v) is 7.19. The van der Waals surface area contributed by atoms with Crippen LogP contribution in [0.5, 0.6) is 0 Å². The van der Waals surface area contributed by atoms with E-state index in [9.17, 15) is 9.59 Å². The van der Waals surface area contributed by atoms with Crippen molar-refractivity contribution < 1.29 is 14.7 Å². The fourth-order valence-electron chi connectivity index (χ4n) is 1.86. The van der Waals surface area contributed by atoms with Crippen LogP contribution in [0.15, 0.2) is 0 Å². The van der Waals surface area contributed by atoms with E-state index in [0.717, 1.165) is 5.75 Å². The van der Waals surface area contributed by atoms with Gasteiger partial charge in [0.05, 0.1) is 0 Å². The molecule has 0 aromatic carbocycles. The van der Waals surface area contributed by atoms with Crippen molar-refractivity contribution in [1.82, 2.24) is 9.80 Å². The molecule has 1 rings (SSSR count). The van der Waals surface area contributed by atoms with Crippen molar-refractivity contribution in [3.8, 4) is 0 Å². The van der Waals surface area contributed by atoms with E-state index in [0.29, 0.717) is 32.6 Å². The number of aliphatic carboxylic acids is 1. The summed E-state index contributed by atoms with van der Waals surface area (Å²) in [6.45, 7) is 4.28. The summed E-state index contributed by atoms with van der Waals surface area (Å²) in [4.78, 5) is 26.3. The van der Waals surface area contributed by atoms with Crippen LogP contribution in [0, 0.1) is 0 Å². The molecule has 0 aliphatic carbocycles. The molecule has 0 saturated carbocycles. The molecule has 1 amide bonds. The number of thioether (sulfide) groups is 1. The number of rotatable bonds is 5. The summed E-state index contributed by atoms with van der Waals surface area (Å²) in [6, 6.07) is -0.460. The lowest BCUT2D eigenvalue weighted by Gasteiger charge is -2.36. The molecule has 1 aliphatic rings. The summed E-state index contributed by atoms with van der Waals surface area (Å²) in [5.74, 6) is 0.235. The molecule has 0 aromatic heterocycles. The predicted molar refractivity (Wildman–Crippen MR) is 68.2 cm³/mol. The molecular formula is C11H20N2O3S. The number of piperazine rings is 1. The Morgan fingerprint density at radius 2 is 1.88 bits per heavy atom. The Bertz CT molecular complexity index is 278. The van der Waals surface area contributed by atoms with E-state index in [1.54, 1.807) is 18.7 Å². The number of hydrogen-bond donors (Lipinski definition) is 1. The highest BCUT2D eigenvalue weighted by Crippen LogP contribution is 2.08. The zero-order valence-electron chi connectivity index (χ0n) is 10.4. The van der Waals surface area contributed by atoms with Gasteiger partial charge >= 0.3 is 5.97 Å². The van der Waals surface area contributed by atoms with Crippen molar-refractivity contribution in [2.45, 2.75) is 19.4 Å². The average molecular weight is 260 g/mol. The van der Waals surface area contributed by atoms with Crippen LogP contribution in [-0.2, 0) is 9.59 Å². The number of nitrogens with zero attached hydrogens (tertiary/aromatic N) is 2. The Balaban J connectivity index is 2.35. The van der Waals surface area contributed by atoms with Crippen LogP contribution in [0.2, 0.25) is 0 Å². The molecule has 0 bridgehead atoms. The molecule has 1 N–H and O–H groups in total. The topological polar surface area (TPSA) is 60.9 Å². The van der Waals surface area contributed by atoms with E-state index in [1.165, 1.54) is 0 Å². The zero-order chi connectivity index (χ0) is 12.8. The monoisotopic (exact) mass is 260 g/mol. The highest BCUT2D eigenvalue weighted by Gasteiger charge is 2.26. The number of amides is 1. The van der Waals surface area contributed by atoms with Crippen LogP contribution in [-0.4, -0.2) is 71.0 Å². The molecule has 1 saturated heterocycles. The minimum atomic E-state index is -0.799. The second kappa shape index (κ2) is 6.86. The molecule has 0 radical (unpaired) electrons. The first-order valence-electron chi connectivity index (χ1n) is 5.80. The van der Waals surface area contributed by atoms with Crippen molar-refractivity contribution in [2.24, 2.45) is 0 Å². The second-order valence-electron chi connectivity index (χ2n) is 4.17. The maximum absolute atomic E-state index is 11.7. The van der Waals surface area contributed by atoms with Crippen molar-refractivity contribution in [3.05, 3.63) is 0 Å². The third kappa shape index (κ3) is 4.20. The zero-order valence-corrected chi connectivity index (χ0v) is 11.2. The Morgan fingerprint density at radius 3 is 2.35 bits per heavy atom. The summed E-state index contributed by atoms with van der Waals surface area (Å²) in [5, 5.41) is 8.90. The van der Waals surface area contributed by atoms with E-state index < -0.39 is 12.0 Å². The lowest BCUT2D eigenvalue weighted by atomic mass is 10.2. The van der Waals surface area contributed by atoms with Crippen LogP contribution < -0.4 is 0 Å². The highest BCUT2D eigenvalue weighted by molar-refractivity contribution is 7.98. The lowest BCUT2D eigenvalue weighted by Crippen LogP contribution is -2.53. The third-order valence-corrected chi connectivity index (χ3v) is 3.70. The van der Waals surface area contributed by atoms with Gasteiger partial charge in [-0.2, -0.15) is 11.8 Å². The van der Waals surface area contributed by atoms with Crippen LogP contribution >= 0.6 is 11.8 Å². The average Bonchev–Trinajstić information content (AvgIpc) is 2.35. The van der Waals surface area contributed by atoms with Crippen LogP contribution in [0.1, 0.15) is 13.3 Å². The maximum Gasteiger partial charge on any atom is 0.320 e. The summed E-state index contributed by atoms with van der Waals surface area (Å²) in [5.41, 5.74) is 0. The van der Waals surface area contributed by atoms with Crippen LogP contribution in [0.3, 0.4) is 0 Å². The molecule has 98 valence electrons. The highest BCUT2D eigenvalue weighted by atomic mass is 32.2. The summed E-state index contributed by atoms with van der Waals surface area (Å²) >= 11 is 1.67. The first-order chi connectivity index (χ1) is 8.06. The van der Waals surface area contributed by atoms with Gasteiger partial charge in [-0.3, -0.25) is 14.5 Å². The van der Waals surface area contributed by atoms with Gasteiger partial charge in [-0.1, -0.05) is 0 Å². The van der Waals surface area contributed by atoms with Crippen molar-refractivity contribution in [3.63, 3.8) is 0 Å². The molecule has 5 nitrogen and oxygen atoms in total. The van der Waals surface area contributed by atoms with E-state index in [1.807, 2.05) is 16.1 Å². The van der Waals surface area contributed by atoms with Gasteiger partial charge in [-0.05, 0) is 13.2 Å². The minimum absolute atomic E-state index is 0.182. The largest absolute Gasteiger partial charge is 0.480 e. The van der Waals surface area contributed by atoms with Gasteiger partial charge < -0.3 is 10.0 Å².